The molecule has 190 valence electrons. The van der Waals surface area contributed by atoms with Crippen molar-refractivity contribution < 1.29 is 9.72 Å². The van der Waals surface area contributed by atoms with Crippen LogP contribution < -0.4 is 16.6 Å². The number of rotatable bonds is 6. The van der Waals surface area contributed by atoms with Crippen molar-refractivity contribution in [2.24, 2.45) is 0 Å². The highest BCUT2D eigenvalue weighted by molar-refractivity contribution is 7.12. The Morgan fingerprint density at radius 1 is 1.09 bits per heavy atom. The molecule has 0 unspecified atom stereocenters. The summed E-state index contributed by atoms with van der Waals surface area (Å²) >= 11 is 1.40. The summed E-state index contributed by atoms with van der Waals surface area (Å²) in [5, 5.41) is 14.6. The number of piperazine rings is 1. The van der Waals surface area contributed by atoms with Gasteiger partial charge in [-0.05, 0) is 31.6 Å². The van der Waals surface area contributed by atoms with E-state index in [-0.39, 0.29) is 12.1 Å². The molecular weight excluding hydrogens is 468 g/mol. The molecule has 0 spiro atoms. The van der Waals surface area contributed by atoms with E-state index >= 15 is 0 Å². The van der Waals surface area contributed by atoms with Gasteiger partial charge in [0, 0.05) is 44.7 Å². The first-order valence-electron chi connectivity index (χ1n) is 11.4. The Balaban J connectivity index is 0.00000140. The van der Waals surface area contributed by atoms with Crippen LogP contribution in [0.15, 0.2) is 46.6 Å². The molecule has 3 aromatic rings. The first-order valence-corrected chi connectivity index (χ1v) is 12.3. The van der Waals surface area contributed by atoms with Gasteiger partial charge in [0.05, 0.1) is 15.3 Å². The fraction of sp³-hybridized carbons (Fsp3) is 0.417. The number of hydrogen-bond acceptors (Lipinski definition) is 8. The lowest BCUT2D eigenvalue weighted by Gasteiger charge is -2.36. The monoisotopic (exact) mass is 502 g/mol. The van der Waals surface area contributed by atoms with Crippen molar-refractivity contribution >= 4 is 39.5 Å². The largest absolute Gasteiger partial charge is 0.362 e. The number of nitro groups is 1. The molecule has 1 aliphatic rings. The number of anilines is 1. The van der Waals surface area contributed by atoms with Gasteiger partial charge in [-0.1, -0.05) is 38.1 Å². The molecule has 0 bridgehead atoms. The predicted molar refractivity (Wildman–Crippen MR) is 142 cm³/mol. The van der Waals surface area contributed by atoms with E-state index in [0.717, 1.165) is 0 Å². The summed E-state index contributed by atoms with van der Waals surface area (Å²) in [5.74, 6) is -0.0295. The molecule has 11 heteroatoms. The molecule has 1 fully saturated rings. The highest BCUT2D eigenvalue weighted by atomic mass is 32.1. The van der Waals surface area contributed by atoms with Gasteiger partial charge in [0.1, 0.15) is 5.69 Å². The van der Waals surface area contributed by atoms with Gasteiger partial charge in [-0.25, -0.2) is 0 Å². The zero-order chi connectivity index (χ0) is 24.8. The van der Waals surface area contributed by atoms with E-state index in [9.17, 15) is 19.7 Å². The zero-order valence-corrected chi connectivity index (χ0v) is 21.6. The van der Waals surface area contributed by atoms with Crippen LogP contribution in [-0.4, -0.2) is 72.0 Å². The SMILES string of the molecule is CC.CN(C)CCn1c(=O)c([N+](=O)[O-])c(N2CCN(C(=O)c3cccs3)CC2)c2ccccc21.N. The molecule has 4 rings (SSSR count). The lowest BCUT2D eigenvalue weighted by Crippen LogP contribution is -2.49. The average Bonchev–Trinajstić information content (AvgIpc) is 3.38. The molecular formula is C24H34N6O4S. The van der Waals surface area contributed by atoms with Gasteiger partial charge in [-0.3, -0.25) is 19.7 Å². The number of fused-ring (bicyclic) bond motifs is 1. The van der Waals surface area contributed by atoms with E-state index < -0.39 is 16.2 Å². The maximum absolute atomic E-state index is 13.2. The predicted octanol–water partition coefficient (Wildman–Crippen LogP) is 3.68. The molecule has 0 saturated carbocycles. The Morgan fingerprint density at radius 3 is 2.31 bits per heavy atom. The molecule has 1 saturated heterocycles. The molecule has 0 atom stereocenters. The number of carbonyl (C=O) groups is 1. The number of hydrogen-bond donors (Lipinski definition) is 1. The van der Waals surface area contributed by atoms with E-state index in [1.807, 2.05) is 73.5 Å². The normalized spacial score (nSPS) is 13.3. The number of nitrogens with zero attached hydrogens (tertiary/aromatic N) is 5. The number of likely N-dealkylation sites (N-methyl/N-ethyl adjacent to an activating group) is 1. The summed E-state index contributed by atoms with van der Waals surface area (Å²) in [6, 6.07) is 11.0. The van der Waals surface area contributed by atoms with E-state index in [0.29, 0.717) is 60.7 Å². The molecule has 1 aromatic carbocycles. The van der Waals surface area contributed by atoms with Crippen molar-refractivity contribution in [2.45, 2.75) is 20.4 Å². The first kappa shape index (κ1) is 28.0. The standard InChI is InChI=1S/C22H25N5O4S.C2H6.H3N/c1-23(2)9-14-26-17-7-4-3-6-16(17)19(20(22(26)29)27(30)31)24-10-12-25(13-11-24)21(28)18-8-5-15-32-18;1-2;/h3-8,15H,9-14H2,1-2H3;1-2H3;1H3. The number of amides is 1. The fourth-order valence-electron chi connectivity index (χ4n) is 4.07. The zero-order valence-electron chi connectivity index (χ0n) is 20.8. The molecule has 3 N–H and O–H groups in total. The van der Waals surface area contributed by atoms with Crippen LogP contribution in [-0.2, 0) is 6.54 Å². The van der Waals surface area contributed by atoms with Gasteiger partial charge in [0.15, 0.2) is 0 Å². The Bertz CT molecular complexity index is 1200. The number of carbonyl (C=O) groups excluding carboxylic acids is 1. The van der Waals surface area contributed by atoms with Crippen LogP contribution in [0.3, 0.4) is 0 Å². The van der Waals surface area contributed by atoms with E-state index in [2.05, 4.69) is 0 Å². The molecule has 10 nitrogen and oxygen atoms in total. The smallest absolute Gasteiger partial charge is 0.357 e. The minimum Gasteiger partial charge on any atom is -0.362 e. The second-order valence-corrected chi connectivity index (χ2v) is 8.94. The van der Waals surface area contributed by atoms with Crippen LogP contribution in [0.2, 0.25) is 0 Å². The van der Waals surface area contributed by atoms with Gasteiger partial charge in [-0.15, -0.1) is 11.3 Å². The van der Waals surface area contributed by atoms with Crippen LogP contribution in [0.4, 0.5) is 11.4 Å². The lowest BCUT2D eigenvalue weighted by atomic mass is 10.1. The van der Waals surface area contributed by atoms with Gasteiger partial charge >= 0.3 is 11.2 Å². The minimum absolute atomic E-state index is 0. The van der Waals surface area contributed by atoms with Crippen LogP contribution in [0.1, 0.15) is 23.5 Å². The third-order valence-corrected chi connectivity index (χ3v) is 6.55. The minimum atomic E-state index is -0.595. The van der Waals surface area contributed by atoms with Gasteiger partial charge in [-0.2, -0.15) is 0 Å². The summed E-state index contributed by atoms with van der Waals surface area (Å²) in [5.41, 5.74) is 0.0279. The van der Waals surface area contributed by atoms with Gasteiger partial charge < -0.3 is 25.4 Å². The van der Waals surface area contributed by atoms with Crippen molar-refractivity contribution in [3.63, 3.8) is 0 Å². The molecule has 0 aliphatic carbocycles. The highest BCUT2D eigenvalue weighted by Crippen LogP contribution is 2.34. The summed E-state index contributed by atoms with van der Waals surface area (Å²) in [4.78, 5) is 43.6. The van der Waals surface area contributed by atoms with Crippen molar-refractivity contribution in [2.75, 3.05) is 51.7 Å². The Labute approximate surface area is 209 Å². The summed E-state index contributed by atoms with van der Waals surface area (Å²) in [6.07, 6.45) is 0. The Kier molecular flexibility index (Phi) is 9.93. The first-order chi connectivity index (χ1) is 16.4. The quantitative estimate of drug-likeness (QED) is 0.402. The Hall–Kier alpha value is -3.28. The van der Waals surface area contributed by atoms with Gasteiger partial charge in [0.2, 0.25) is 0 Å². The van der Waals surface area contributed by atoms with Crippen LogP contribution in [0.5, 0.6) is 0 Å². The van der Waals surface area contributed by atoms with Crippen LogP contribution in [0, 0.1) is 10.1 Å². The molecule has 35 heavy (non-hydrogen) atoms. The number of aromatic nitrogens is 1. The van der Waals surface area contributed by atoms with Crippen molar-refractivity contribution in [3.05, 3.63) is 67.1 Å². The van der Waals surface area contributed by atoms with E-state index in [1.54, 1.807) is 11.0 Å². The number of para-hydroxylation sites is 1. The molecule has 0 radical (unpaired) electrons. The topological polar surface area (TPSA) is 127 Å². The third-order valence-electron chi connectivity index (χ3n) is 5.69. The van der Waals surface area contributed by atoms with E-state index in [1.165, 1.54) is 15.9 Å². The summed E-state index contributed by atoms with van der Waals surface area (Å²) in [7, 11) is 3.79. The highest BCUT2D eigenvalue weighted by Gasteiger charge is 2.32. The second-order valence-electron chi connectivity index (χ2n) is 7.99. The molecule has 1 aliphatic heterocycles. The van der Waals surface area contributed by atoms with Crippen molar-refractivity contribution in [1.82, 2.24) is 20.5 Å². The number of thiophene rings is 1. The molecule has 2 aromatic heterocycles. The maximum atomic E-state index is 13.2. The van der Waals surface area contributed by atoms with Crippen molar-refractivity contribution in [1.29, 1.82) is 0 Å². The number of benzene rings is 1. The summed E-state index contributed by atoms with van der Waals surface area (Å²) in [6.45, 7) is 6.66. The maximum Gasteiger partial charge on any atom is 0.357 e. The second kappa shape index (κ2) is 12.4. The Morgan fingerprint density at radius 2 is 1.74 bits per heavy atom. The number of pyridine rings is 1. The fourth-order valence-corrected chi connectivity index (χ4v) is 4.76. The molecule has 3 heterocycles. The average molecular weight is 503 g/mol. The van der Waals surface area contributed by atoms with Gasteiger partial charge in [0.25, 0.3) is 5.91 Å². The third kappa shape index (κ3) is 5.87. The lowest BCUT2D eigenvalue weighted by molar-refractivity contribution is -0.385. The van der Waals surface area contributed by atoms with Crippen LogP contribution >= 0.6 is 11.3 Å². The van der Waals surface area contributed by atoms with Crippen LogP contribution in [0.25, 0.3) is 10.9 Å². The van der Waals surface area contributed by atoms with E-state index in [4.69, 9.17) is 0 Å². The summed E-state index contributed by atoms with van der Waals surface area (Å²) < 4.78 is 1.49. The molecule has 1 amide bonds. The van der Waals surface area contributed by atoms with Crippen molar-refractivity contribution in [3.8, 4) is 0 Å².